The van der Waals surface area contributed by atoms with Gasteiger partial charge in [-0.2, -0.15) is 0 Å². The van der Waals surface area contributed by atoms with E-state index in [9.17, 15) is 0 Å². The summed E-state index contributed by atoms with van der Waals surface area (Å²) in [6, 6.07) is 0. The highest BCUT2D eigenvalue weighted by molar-refractivity contribution is 5.81. The maximum absolute atomic E-state index is 8.18. The third kappa shape index (κ3) is 5.66. The quantitative estimate of drug-likeness (QED) is 0.235. The number of hydrogen-bond acceptors (Lipinski definition) is 3. The summed E-state index contributed by atoms with van der Waals surface area (Å²) in [6.45, 7) is 5.66. The van der Waals surface area contributed by atoms with E-state index in [1.165, 1.54) is 0 Å². The molecule has 0 aromatic rings. The number of hydrogen-bond donors (Lipinski definition) is 3. The van der Waals surface area contributed by atoms with Crippen LogP contribution in [-0.2, 0) is 0 Å². The summed E-state index contributed by atoms with van der Waals surface area (Å²) in [6.07, 6.45) is 1.14. The smallest absolute Gasteiger partial charge is 0.153 e. The highest BCUT2D eigenvalue weighted by Gasteiger charge is 1.97. The van der Waals surface area contributed by atoms with Gasteiger partial charge in [0.25, 0.3) is 0 Å². The normalized spacial score (nSPS) is 14.9. The van der Waals surface area contributed by atoms with Gasteiger partial charge in [-0.15, -0.1) is 0 Å². The molecule has 4 N–H and O–H groups in total. The highest BCUT2D eigenvalue weighted by atomic mass is 16.4. The van der Waals surface area contributed by atoms with Crippen LogP contribution in [0, 0.1) is 5.92 Å². The first kappa shape index (κ1) is 10.2. The van der Waals surface area contributed by atoms with Crippen molar-refractivity contribution in [2.75, 3.05) is 13.1 Å². The van der Waals surface area contributed by atoms with Crippen LogP contribution in [0.2, 0.25) is 0 Å². The first-order chi connectivity index (χ1) is 5.20. The fraction of sp³-hybridized carbons (Fsp3) is 0.857. The van der Waals surface area contributed by atoms with Crippen molar-refractivity contribution in [2.24, 2.45) is 16.8 Å². The van der Waals surface area contributed by atoms with Crippen LogP contribution in [0.3, 0.4) is 0 Å². The van der Waals surface area contributed by atoms with E-state index < -0.39 is 0 Å². The van der Waals surface area contributed by atoms with Crippen molar-refractivity contribution < 1.29 is 5.21 Å². The maximum Gasteiger partial charge on any atom is 0.153 e. The zero-order valence-corrected chi connectivity index (χ0v) is 7.17. The minimum atomic E-state index is 0.230. The van der Waals surface area contributed by atoms with Gasteiger partial charge in [-0.3, -0.25) is 0 Å². The predicted octanol–water partition coefficient (Wildman–Crippen LogP) is 0.368. The molecule has 0 saturated heterocycles. The Morgan fingerprint density at radius 2 is 2.36 bits per heavy atom. The summed E-state index contributed by atoms with van der Waals surface area (Å²) in [7, 11) is 0. The van der Waals surface area contributed by atoms with Crippen molar-refractivity contribution in [3.63, 3.8) is 0 Å². The largest absolute Gasteiger partial charge is 0.409 e. The number of oxime groups is 1. The summed E-state index contributed by atoms with van der Waals surface area (Å²) in [5.41, 5.74) is 5.24. The first-order valence-corrected chi connectivity index (χ1v) is 3.87. The molecule has 0 amide bonds. The molecule has 0 spiro atoms. The minimum Gasteiger partial charge on any atom is -0.409 e. The average Bonchev–Trinajstić information content (AvgIpc) is 2.04. The third-order valence-electron chi connectivity index (χ3n) is 1.62. The van der Waals surface area contributed by atoms with Crippen LogP contribution in [0.4, 0.5) is 0 Å². The molecule has 0 heterocycles. The summed E-state index contributed by atoms with van der Waals surface area (Å²) >= 11 is 0. The van der Waals surface area contributed by atoms with E-state index in [-0.39, 0.29) is 5.84 Å². The average molecular weight is 159 g/mol. The minimum absolute atomic E-state index is 0.230. The van der Waals surface area contributed by atoms with Gasteiger partial charge in [0.15, 0.2) is 5.84 Å². The molecule has 11 heavy (non-hydrogen) atoms. The molecule has 0 aromatic heterocycles. The molecular formula is C7H17N3O. The van der Waals surface area contributed by atoms with Crippen LogP contribution in [0.25, 0.3) is 0 Å². The molecule has 0 aliphatic carbocycles. The molecule has 66 valence electrons. The van der Waals surface area contributed by atoms with Gasteiger partial charge >= 0.3 is 0 Å². The van der Waals surface area contributed by atoms with Crippen molar-refractivity contribution >= 4 is 5.84 Å². The molecule has 0 aliphatic rings. The second-order valence-electron chi connectivity index (χ2n) is 2.74. The van der Waals surface area contributed by atoms with Crippen molar-refractivity contribution in [1.82, 2.24) is 5.32 Å². The Balaban J connectivity index is 3.27. The third-order valence-corrected chi connectivity index (χ3v) is 1.62. The number of nitrogens with one attached hydrogen (secondary N) is 1. The Labute approximate surface area is 67.5 Å². The van der Waals surface area contributed by atoms with E-state index in [0.717, 1.165) is 13.0 Å². The van der Waals surface area contributed by atoms with Crippen LogP contribution in [0.5, 0.6) is 0 Å². The van der Waals surface area contributed by atoms with Crippen LogP contribution in [0.15, 0.2) is 5.16 Å². The number of nitrogens with two attached hydrogens (primary N) is 1. The standard InChI is InChI=1S/C7H17N3O/c1-3-6(2)4-9-5-7(8)10-11/h6,9,11H,3-5H2,1-2H3,(H2,8,10). The van der Waals surface area contributed by atoms with Crippen LogP contribution in [0.1, 0.15) is 20.3 Å². The van der Waals surface area contributed by atoms with E-state index in [1.54, 1.807) is 0 Å². The molecular weight excluding hydrogens is 142 g/mol. The van der Waals surface area contributed by atoms with Gasteiger partial charge in [0, 0.05) is 0 Å². The van der Waals surface area contributed by atoms with Gasteiger partial charge < -0.3 is 16.3 Å². The summed E-state index contributed by atoms with van der Waals surface area (Å²) in [4.78, 5) is 0. The molecule has 0 aliphatic heterocycles. The SMILES string of the molecule is CCC(C)CNCC(N)=NO. The molecule has 4 heteroatoms. The molecule has 0 radical (unpaired) electrons. The summed E-state index contributed by atoms with van der Waals surface area (Å²) in [5, 5.41) is 14.1. The van der Waals surface area contributed by atoms with Crippen LogP contribution >= 0.6 is 0 Å². The van der Waals surface area contributed by atoms with Crippen LogP contribution in [-0.4, -0.2) is 24.1 Å². The Kier molecular flexibility index (Phi) is 5.56. The van der Waals surface area contributed by atoms with E-state index >= 15 is 0 Å². The first-order valence-electron chi connectivity index (χ1n) is 3.87. The Bertz CT molecular complexity index is 125. The van der Waals surface area contributed by atoms with Gasteiger partial charge in [-0.25, -0.2) is 0 Å². The maximum atomic E-state index is 8.18. The molecule has 0 rings (SSSR count). The van der Waals surface area contributed by atoms with Crippen LogP contribution < -0.4 is 11.1 Å². The van der Waals surface area contributed by atoms with Gasteiger partial charge in [0.1, 0.15) is 0 Å². The fourth-order valence-electron chi connectivity index (χ4n) is 0.626. The van der Waals surface area contributed by atoms with E-state index in [4.69, 9.17) is 10.9 Å². The second-order valence-corrected chi connectivity index (χ2v) is 2.74. The van der Waals surface area contributed by atoms with Gasteiger partial charge in [-0.1, -0.05) is 25.4 Å². The Morgan fingerprint density at radius 1 is 1.73 bits per heavy atom. The summed E-state index contributed by atoms with van der Waals surface area (Å²) in [5.74, 6) is 0.870. The lowest BCUT2D eigenvalue weighted by Crippen LogP contribution is -2.31. The number of amidine groups is 1. The topological polar surface area (TPSA) is 70.6 Å². The molecule has 1 atom stereocenters. The van der Waals surface area contributed by atoms with Gasteiger partial charge in [0.05, 0.1) is 6.54 Å². The zero-order valence-electron chi connectivity index (χ0n) is 7.17. The molecule has 0 saturated carbocycles. The van der Waals surface area contributed by atoms with E-state index in [0.29, 0.717) is 12.5 Å². The van der Waals surface area contributed by atoms with Gasteiger partial charge in [0.2, 0.25) is 0 Å². The van der Waals surface area contributed by atoms with Crippen molar-refractivity contribution in [2.45, 2.75) is 20.3 Å². The lowest BCUT2D eigenvalue weighted by atomic mass is 10.1. The van der Waals surface area contributed by atoms with E-state index in [2.05, 4.69) is 24.3 Å². The predicted molar refractivity (Wildman–Crippen MR) is 45.7 cm³/mol. The fourth-order valence-corrected chi connectivity index (χ4v) is 0.626. The molecule has 1 unspecified atom stereocenters. The van der Waals surface area contributed by atoms with Crippen molar-refractivity contribution in [1.29, 1.82) is 0 Å². The lowest BCUT2D eigenvalue weighted by Gasteiger charge is -2.08. The monoisotopic (exact) mass is 159 g/mol. The molecule has 4 nitrogen and oxygen atoms in total. The van der Waals surface area contributed by atoms with Crippen molar-refractivity contribution in [3.05, 3.63) is 0 Å². The molecule has 0 bridgehead atoms. The van der Waals surface area contributed by atoms with Gasteiger partial charge in [-0.05, 0) is 12.5 Å². The molecule has 0 aromatic carbocycles. The number of nitrogens with zero attached hydrogens (tertiary/aromatic N) is 1. The molecule has 0 fully saturated rings. The highest BCUT2D eigenvalue weighted by Crippen LogP contribution is 1.96. The second kappa shape index (κ2) is 5.97. The zero-order chi connectivity index (χ0) is 8.69. The Morgan fingerprint density at radius 3 is 2.82 bits per heavy atom. The summed E-state index contributed by atoms with van der Waals surface area (Å²) < 4.78 is 0. The Hall–Kier alpha value is -0.770. The lowest BCUT2D eigenvalue weighted by molar-refractivity contribution is 0.316. The van der Waals surface area contributed by atoms with E-state index in [1.807, 2.05) is 0 Å². The van der Waals surface area contributed by atoms with Crippen molar-refractivity contribution in [3.8, 4) is 0 Å². The number of rotatable bonds is 5.